The zero-order valence-corrected chi connectivity index (χ0v) is 15.9. The maximum Gasteiger partial charge on any atom is 0.236 e. The van der Waals surface area contributed by atoms with Gasteiger partial charge in [0, 0.05) is 69.9 Å². The number of hydrogen-bond donors (Lipinski definition) is 1. The molecule has 0 saturated carbocycles. The number of nitrogens with zero attached hydrogens (tertiary/aromatic N) is 4. The fraction of sp³-hybridized carbons (Fsp3) is 0.429. The van der Waals surface area contributed by atoms with Crippen LogP contribution in [0.3, 0.4) is 0 Å². The van der Waals surface area contributed by atoms with Gasteiger partial charge in [-0.25, -0.2) is 4.39 Å². The van der Waals surface area contributed by atoms with Crippen LogP contribution in [0.4, 0.5) is 10.1 Å². The van der Waals surface area contributed by atoms with Gasteiger partial charge in [-0.15, -0.1) is 0 Å². The Kier molecular flexibility index (Phi) is 5.83. The van der Waals surface area contributed by atoms with E-state index in [9.17, 15) is 9.18 Å². The molecule has 0 aliphatic carbocycles. The van der Waals surface area contributed by atoms with Crippen molar-refractivity contribution in [1.29, 1.82) is 0 Å². The van der Waals surface area contributed by atoms with E-state index in [1.54, 1.807) is 18.3 Å². The van der Waals surface area contributed by atoms with Crippen molar-refractivity contribution in [2.45, 2.75) is 6.04 Å². The highest BCUT2D eigenvalue weighted by atomic mass is 19.1. The molecule has 1 N–H and O–H groups in total. The molecule has 3 heterocycles. The number of aromatic nitrogens is 1. The van der Waals surface area contributed by atoms with E-state index < -0.39 is 0 Å². The first-order valence-corrected chi connectivity index (χ1v) is 9.84. The second-order valence-electron chi connectivity index (χ2n) is 7.32. The number of rotatable bonds is 4. The number of hydrogen-bond acceptors (Lipinski definition) is 5. The molecule has 2 aliphatic heterocycles. The summed E-state index contributed by atoms with van der Waals surface area (Å²) >= 11 is 0. The number of carbonyl (C=O) groups is 1. The van der Waals surface area contributed by atoms with Gasteiger partial charge in [0.1, 0.15) is 5.82 Å². The Morgan fingerprint density at radius 2 is 1.89 bits per heavy atom. The summed E-state index contributed by atoms with van der Waals surface area (Å²) in [6, 6.07) is 10.7. The van der Waals surface area contributed by atoms with E-state index >= 15 is 0 Å². The van der Waals surface area contributed by atoms with E-state index in [4.69, 9.17) is 0 Å². The quantitative estimate of drug-likeness (QED) is 0.868. The molecule has 6 nitrogen and oxygen atoms in total. The molecule has 2 fully saturated rings. The molecule has 1 unspecified atom stereocenters. The predicted octanol–water partition coefficient (Wildman–Crippen LogP) is 1.52. The molecule has 1 amide bonds. The zero-order chi connectivity index (χ0) is 19.3. The fourth-order valence-electron chi connectivity index (χ4n) is 3.98. The first kappa shape index (κ1) is 18.8. The van der Waals surface area contributed by atoms with Crippen LogP contribution in [0.5, 0.6) is 0 Å². The molecule has 2 aromatic rings. The molecule has 2 aliphatic rings. The molecular formula is C21H26FN5O. The molecule has 148 valence electrons. The normalized spacial score (nSPS) is 21.0. The van der Waals surface area contributed by atoms with Crippen LogP contribution in [-0.4, -0.2) is 73.0 Å². The van der Waals surface area contributed by atoms with Gasteiger partial charge in [-0.05, 0) is 35.9 Å². The number of amides is 1. The van der Waals surface area contributed by atoms with E-state index in [1.807, 2.05) is 17.2 Å². The topological polar surface area (TPSA) is 51.7 Å². The van der Waals surface area contributed by atoms with Crippen LogP contribution in [0.15, 0.2) is 48.8 Å². The van der Waals surface area contributed by atoms with Gasteiger partial charge in [-0.1, -0.05) is 6.07 Å². The minimum absolute atomic E-state index is 0.173. The van der Waals surface area contributed by atoms with Crippen molar-refractivity contribution in [1.82, 2.24) is 20.1 Å². The third-order valence-corrected chi connectivity index (χ3v) is 5.59. The number of halogens is 1. The molecule has 0 spiro atoms. The minimum Gasteiger partial charge on any atom is -0.368 e. The van der Waals surface area contributed by atoms with Crippen LogP contribution < -0.4 is 10.2 Å². The van der Waals surface area contributed by atoms with Crippen molar-refractivity contribution >= 4 is 11.6 Å². The fourth-order valence-corrected chi connectivity index (χ4v) is 3.98. The van der Waals surface area contributed by atoms with Crippen LogP contribution in [0, 0.1) is 5.82 Å². The van der Waals surface area contributed by atoms with Gasteiger partial charge >= 0.3 is 0 Å². The van der Waals surface area contributed by atoms with Crippen LogP contribution in [0.1, 0.15) is 11.6 Å². The lowest BCUT2D eigenvalue weighted by atomic mass is 10.1. The van der Waals surface area contributed by atoms with Gasteiger partial charge in [-0.2, -0.15) is 0 Å². The van der Waals surface area contributed by atoms with Gasteiger partial charge in [-0.3, -0.25) is 14.7 Å². The summed E-state index contributed by atoms with van der Waals surface area (Å²) in [5, 5.41) is 3.42. The monoisotopic (exact) mass is 383 g/mol. The Morgan fingerprint density at radius 3 is 2.61 bits per heavy atom. The first-order chi connectivity index (χ1) is 13.7. The maximum atomic E-state index is 13.1. The Labute approximate surface area is 165 Å². The van der Waals surface area contributed by atoms with Gasteiger partial charge in [0.15, 0.2) is 0 Å². The summed E-state index contributed by atoms with van der Waals surface area (Å²) in [6.45, 7) is 5.92. The van der Waals surface area contributed by atoms with Gasteiger partial charge in [0.05, 0.1) is 6.54 Å². The first-order valence-electron chi connectivity index (χ1n) is 9.84. The highest BCUT2D eigenvalue weighted by Crippen LogP contribution is 2.22. The van der Waals surface area contributed by atoms with Crippen molar-refractivity contribution in [2.75, 3.05) is 57.3 Å². The summed E-state index contributed by atoms with van der Waals surface area (Å²) in [4.78, 5) is 23.5. The Hall–Kier alpha value is -2.51. The summed E-state index contributed by atoms with van der Waals surface area (Å²) in [6.07, 6.45) is 3.66. The Balaban J connectivity index is 1.34. The second kappa shape index (κ2) is 8.67. The lowest BCUT2D eigenvalue weighted by Crippen LogP contribution is -2.54. The largest absolute Gasteiger partial charge is 0.368 e. The van der Waals surface area contributed by atoms with E-state index in [2.05, 4.69) is 26.2 Å². The van der Waals surface area contributed by atoms with Crippen molar-refractivity contribution in [3.63, 3.8) is 0 Å². The number of anilines is 1. The third-order valence-electron chi connectivity index (χ3n) is 5.59. The van der Waals surface area contributed by atoms with Gasteiger partial charge < -0.3 is 15.1 Å². The van der Waals surface area contributed by atoms with Crippen molar-refractivity contribution in [3.8, 4) is 0 Å². The van der Waals surface area contributed by atoms with Crippen LogP contribution in [-0.2, 0) is 4.79 Å². The average Bonchev–Trinajstić information content (AvgIpc) is 2.75. The second-order valence-corrected chi connectivity index (χ2v) is 7.32. The summed E-state index contributed by atoms with van der Waals surface area (Å²) < 4.78 is 13.1. The molecular weight excluding hydrogens is 357 g/mol. The Bertz CT molecular complexity index is 777. The smallest absolute Gasteiger partial charge is 0.236 e. The third kappa shape index (κ3) is 4.31. The van der Waals surface area contributed by atoms with Gasteiger partial charge in [0.2, 0.25) is 5.91 Å². The molecule has 7 heteroatoms. The summed E-state index contributed by atoms with van der Waals surface area (Å²) in [7, 11) is 0. The molecule has 0 bridgehead atoms. The van der Waals surface area contributed by atoms with Crippen molar-refractivity contribution in [3.05, 3.63) is 60.2 Å². The summed E-state index contributed by atoms with van der Waals surface area (Å²) in [5.41, 5.74) is 2.15. The Morgan fingerprint density at radius 1 is 1.11 bits per heavy atom. The minimum atomic E-state index is -0.225. The highest BCUT2D eigenvalue weighted by molar-refractivity contribution is 5.78. The number of carbonyl (C=O) groups excluding carboxylic acids is 1. The number of nitrogens with one attached hydrogen (secondary N) is 1. The molecule has 4 rings (SSSR count). The van der Waals surface area contributed by atoms with E-state index in [0.29, 0.717) is 19.6 Å². The van der Waals surface area contributed by atoms with Crippen molar-refractivity contribution in [2.24, 2.45) is 0 Å². The number of piperazine rings is 2. The lowest BCUT2D eigenvalue weighted by molar-refractivity contribution is -0.133. The lowest BCUT2D eigenvalue weighted by Gasteiger charge is -2.39. The van der Waals surface area contributed by atoms with E-state index in [0.717, 1.165) is 44.0 Å². The van der Waals surface area contributed by atoms with Crippen LogP contribution in [0.25, 0.3) is 0 Å². The molecule has 1 aromatic carbocycles. The summed E-state index contributed by atoms with van der Waals surface area (Å²) in [5.74, 6) is -0.0497. The van der Waals surface area contributed by atoms with Gasteiger partial charge in [0.25, 0.3) is 0 Å². The predicted molar refractivity (Wildman–Crippen MR) is 107 cm³/mol. The zero-order valence-electron chi connectivity index (χ0n) is 15.9. The van der Waals surface area contributed by atoms with E-state index in [1.165, 1.54) is 12.1 Å². The van der Waals surface area contributed by atoms with Crippen molar-refractivity contribution < 1.29 is 9.18 Å². The molecule has 28 heavy (non-hydrogen) atoms. The molecule has 1 aromatic heterocycles. The maximum absolute atomic E-state index is 13.1. The number of pyridine rings is 1. The average molecular weight is 383 g/mol. The van der Waals surface area contributed by atoms with Crippen LogP contribution >= 0.6 is 0 Å². The SMILES string of the molecule is O=C(CN1CCNCC1c1cccnc1)N1CCN(c2ccc(F)cc2)CC1. The van der Waals surface area contributed by atoms with E-state index in [-0.39, 0.29) is 17.8 Å². The standard InChI is InChI=1S/C21H26FN5O/c22-18-3-5-19(6-4-18)25-10-12-26(13-11-25)21(28)16-27-9-8-24-15-20(27)17-2-1-7-23-14-17/h1-7,14,20,24H,8-13,15-16H2. The molecule has 0 radical (unpaired) electrons. The molecule has 2 saturated heterocycles. The van der Waals surface area contributed by atoms with Crippen LogP contribution in [0.2, 0.25) is 0 Å². The number of benzene rings is 1. The highest BCUT2D eigenvalue weighted by Gasteiger charge is 2.28. The molecule has 1 atom stereocenters.